The molecule has 3 aromatic rings. The highest BCUT2D eigenvalue weighted by Gasteiger charge is 2.13. The van der Waals surface area contributed by atoms with Crippen molar-refractivity contribution in [3.05, 3.63) is 67.4 Å². The number of carbonyl (C=O) groups excluding carboxylic acids is 1. The topological polar surface area (TPSA) is 114 Å². The van der Waals surface area contributed by atoms with Gasteiger partial charge in [0.2, 0.25) is 11.9 Å². The summed E-state index contributed by atoms with van der Waals surface area (Å²) < 4.78 is 23.1. The van der Waals surface area contributed by atoms with Crippen molar-refractivity contribution in [2.24, 2.45) is 0 Å². The maximum absolute atomic E-state index is 12.6. The van der Waals surface area contributed by atoms with Gasteiger partial charge in [0.15, 0.2) is 5.82 Å². The number of hydrogen-bond acceptors (Lipinski definition) is 8. The first-order valence-corrected chi connectivity index (χ1v) is 11.9. The Balaban J connectivity index is 1.80. The fraction of sp³-hybridized carbons (Fsp3) is 0.208. The van der Waals surface area contributed by atoms with Crippen LogP contribution >= 0.6 is 0 Å². The summed E-state index contributed by atoms with van der Waals surface area (Å²) in [5.74, 6) is 1.58. The van der Waals surface area contributed by atoms with Crippen LogP contribution in [0, 0.1) is 0 Å². The number of nitrogens with one attached hydrogen (secondary N) is 3. The molecule has 2 aromatic carbocycles. The monoisotopic (exact) mass is 481 g/mol. The third-order valence-electron chi connectivity index (χ3n) is 4.51. The normalized spacial score (nSPS) is 11.4. The van der Waals surface area contributed by atoms with E-state index in [-0.39, 0.29) is 5.91 Å². The highest BCUT2D eigenvalue weighted by atomic mass is 32.2. The Labute approximate surface area is 201 Å². The summed E-state index contributed by atoms with van der Waals surface area (Å²) in [6.45, 7) is 6.26. The molecule has 10 heteroatoms. The Bertz CT molecular complexity index is 1150. The van der Waals surface area contributed by atoms with Crippen molar-refractivity contribution in [3.63, 3.8) is 0 Å². The summed E-state index contributed by atoms with van der Waals surface area (Å²) >= 11 is 0. The van der Waals surface area contributed by atoms with Crippen molar-refractivity contribution in [3.8, 4) is 5.75 Å². The van der Waals surface area contributed by atoms with E-state index in [4.69, 9.17) is 9.47 Å². The summed E-state index contributed by atoms with van der Waals surface area (Å²) in [4.78, 5) is 21.0. The van der Waals surface area contributed by atoms with Gasteiger partial charge < -0.3 is 25.4 Å². The quantitative estimate of drug-likeness (QED) is 0.260. The average molecular weight is 482 g/mol. The van der Waals surface area contributed by atoms with Gasteiger partial charge in [0, 0.05) is 29.9 Å². The van der Waals surface area contributed by atoms with Crippen molar-refractivity contribution in [2.75, 3.05) is 42.0 Å². The van der Waals surface area contributed by atoms with Gasteiger partial charge in [-0.05, 0) is 48.5 Å². The molecule has 1 heterocycles. The van der Waals surface area contributed by atoms with Crippen LogP contribution < -0.4 is 20.7 Å². The molecular formula is C24H27N5O4S. The van der Waals surface area contributed by atoms with Gasteiger partial charge in [-0.25, -0.2) is 4.98 Å². The highest BCUT2D eigenvalue weighted by molar-refractivity contribution is 7.85. The van der Waals surface area contributed by atoms with Gasteiger partial charge in [0.05, 0.1) is 28.5 Å². The minimum absolute atomic E-state index is 0.312. The van der Waals surface area contributed by atoms with Gasteiger partial charge in [-0.15, -0.1) is 0 Å². The van der Waals surface area contributed by atoms with Crippen molar-refractivity contribution in [1.29, 1.82) is 0 Å². The first-order chi connectivity index (χ1) is 16.5. The summed E-state index contributed by atoms with van der Waals surface area (Å²) in [6, 6.07) is 14.5. The van der Waals surface area contributed by atoms with Crippen LogP contribution in [0.4, 0.5) is 28.8 Å². The van der Waals surface area contributed by atoms with Crippen LogP contribution in [0.15, 0.2) is 72.3 Å². The molecule has 9 nitrogen and oxygen atoms in total. The molecule has 0 aliphatic rings. The summed E-state index contributed by atoms with van der Waals surface area (Å²) in [6.07, 6.45) is 2.74. The van der Waals surface area contributed by atoms with Crippen molar-refractivity contribution < 1.29 is 18.5 Å². The molecule has 0 aliphatic heterocycles. The average Bonchev–Trinajstić information content (AvgIpc) is 2.85. The van der Waals surface area contributed by atoms with E-state index in [0.29, 0.717) is 47.0 Å². The van der Waals surface area contributed by atoms with Gasteiger partial charge in [-0.3, -0.25) is 9.00 Å². The number of ether oxygens (including phenoxy) is 2. The molecule has 34 heavy (non-hydrogen) atoms. The molecule has 1 atom stereocenters. The Morgan fingerprint density at radius 1 is 1.09 bits per heavy atom. The largest absolute Gasteiger partial charge is 0.491 e. The molecule has 178 valence electrons. The van der Waals surface area contributed by atoms with Gasteiger partial charge in [-0.2, -0.15) is 4.98 Å². The molecule has 1 aromatic heterocycles. The second-order valence-corrected chi connectivity index (χ2v) is 8.64. The third kappa shape index (κ3) is 7.12. The van der Waals surface area contributed by atoms with Crippen molar-refractivity contribution >= 4 is 45.5 Å². The van der Waals surface area contributed by atoms with Gasteiger partial charge in [0.25, 0.3) is 0 Å². The standard InChI is InChI=1S/C24H27N5O4S/c1-4-22(30)26-18-7-6-8-19(15-18)27-23-21(34(31)5-2)16-25-24(29-23)28-17-9-11-20(12-10-17)33-14-13-32-3/h4,6-12,15-16H,1,5,13-14H2,2-3H3,(H,26,30)(H2,25,27,28,29). The SMILES string of the molecule is C=CC(=O)Nc1cccc(Nc2nc(Nc3ccc(OCCOC)cc3)ncc2S(=O)CC)c1. The molecule has 0 spiro atoms. The van der Waals surface area contributed by atoms with E-state index in [1.807, 2.05) is 37.3 Å². The van der Waals surface area contributed by atoms with Crippen LogP contribution in [-0.2, 0) is 20.3 Å². The number of rotatable bonds is 12. The molecule has 0 saturated carbocycles. The molecule has 0 fully saturated rings. The second-order valence-electron chi connectivity index (χ2n) is 6.93. The number of nitrogens with zero attached hydrogens (tertiary/aromatic N) is 2. The lowest BCUT2D eigenvalue weighted by Gasteiger charge is -2.13. The van der Waals surface area contributed by atoms with Gasteiger partial charge in [0.1, 0.15) is 12.4 Å². The lowest BCUT2D eigenvalue weighted by molar-refractivity contribution is -0.111. The zero-order chi connectivity index (χ0) is 24.3. The predicted octanol–water partition coefficient (Wildman–Crippen LogP) is 4.24. The molecule has 0 bridgehead atoms. The van der Waals surface area contributed by atoms with Crippen LogP contribution in [0.2, 0.25) is 0 Å². The summed E-state index contributed by atoms with van der Waals surface area (Å²) in [5.41, 5.74) is 2.02. The molecule has 0 radical (unpaired) electrons. The van der Waals surface area contributed by atoms with Crippen LogP contribution in [0.1, 0.15) is 6.92 Å². The zero-order valence-electron chi connectivity index (χ0n) is 19.0. The number of carbonyl (C=O) groups is 1. The third-order valence-corrected chi connectivity index (χ3v) is 5.82. The number of aromatic nitrogens is 2. The summed E-state index contributed by atoms with van der Waals surface area (Å²) in [5, 5.41) is 9.05. The first-order valence-electron chi connectivity index (χ1n) is 10.6. The molecule has 1 unspecified atom stereocenters. The van der Waals surface area contributed by atoms with Crippen LogP contribution in [-0.4, -0.2) is 46.2 Å². The Morgan fingerprint density at radius 2 is 1.85 bits per heavy atom. The van der Waals surface area contributed by atoms with E-state index >= 15 is 0 Å². The molecule has 0 saturated heterocycles. The highest BCUT2D eigenvalue weighted by Crippen LogP contribution is 2.26. The van der Waals surface area contributed by atoms with E-state index in [2.05, 4.69) is 32.5 Å². The maximum Gasteiger partial charge on any atom is 0.247 e. The molecule has 3 rings (SSSR count). The first kappa shape index (κ1) is 24.9. The van der Waals surface area contributed by atoms with E-state index in [9.17, 15) is 9.00 Å². The minimum atomic E-state index is -1.28. The van der Waals surface area contributed by atoms with Crippen molar-refractivity contribution in [2.45, 2.75) is 11.8 Å². The van der Waals surface area contributed by atoms with E-state index in [0.717, 1.165) is 11.4 Å². The van der Waals surface area contributed by atoms with E-state index in [1.165, 1.54) is 6.08 Å². The lowest BCUT2D eigenvalue weighted by atomic mass is 10.2. The number of hydrogen-bond donors (Lipinski definition) is 3. The predicted molar refractivity (Wildman–Crippen MR) is 135 cm³/mol. The van der Waals surface area contributed by atoms with Gasteiger partial charge >= 0.3 is 0 Å². The molecule has 0 aliphatic carbocycles. The van der Waals surface area contributed by atoms with Crippen molar-refractivity contribution in [1.82, 2.24) is 9.97 Å². The molecule has 3 N–H and O–H groups in total. The van der Waals surface area contributed by atoms with E-state index < -0.39 is 10.8 Å². The fourth-order valence-electron chi connectivity index (χ4n) is 2.85. The Hall–Kier alpha value is -3.76. The zero-order valence-corrected chi connectivity index (χ0v) is 19.9. The number of methoxy groups -OCH3 is 1. The Kier molecular flexibility index (Phi) is 9.12. The number of anilines is 5. The number of amides is 1. The van der Waals surface area contributed by atoms with Crippen LogP contribution in [0.25, 0.3) is 0 Å². The lowest BCUT2D eigenvalue weighted by Crippen LogP contribution is -2.08. The minimum Gasteiger partial charge on any atom is -0.491 e. The Morgan fingerprint density at radius 3 is 2.56 bits per heavy atom. The second kappa shape index (κ2) is 12.5. The smallest absolute Gasteiger partial charge is 0.247 e. The number of benzene rings is 2. The van der Waals surface area contributed by atoms with Crippen LogP contribution in [0.5, 0.6) is 5.75 Å². The molecular weight excluding hydrogens is 454 g/mol. The van der Waals surface area contributed by atoms with E-state index in [1.54, 1.807) is 31.5 Å². The summed E-state index contributed by atoms with van der Waals surface area (Å²) in [7, 11) is 0.345. The fourth-order valence-corrected chi connectivity index (χ4v) is 3.65. The molecule has 1 amide bonds. The van der Waals surface area contributed by atoms with Gasteiger partial charge in [-0.1, -0.05) is 19.6 Å². The maximum atomic E-state index is 12.6. The van der Waals surface area contributed by atoms with Crippen LogP contribution in [0.3, 0.4) is 0 Å².